The molecule has 2 heterocycles. The van der Waals surface area contributed by atoms with Gasteiger partial charge in [0, 0.05) is 24.3 Å². The van der Waals surface area contributed by atoms with Gasteiger partial charge in [-0.05, 0) is 6.07 Å². The van der Waals surface area contributed by atoms with Crippen LogP contribution in [0.3, 0.4) is 0 Å². The molecule has 0 aliphatic carbocycles. The van der Waals surface area contributed by atoms with Gasteiger partial charge in [0.25, 0.3) is 0 Å². The Kier molecular flexibility index (Phi) is 4.22. The third kappa shape index (κ3) is 3.31. The molecule has 6 nitrogen and oxygen atoms in total. The summed E-state index contributed by atoms with van der Waals surface area (Å²) in [5.41, 5.74) is 0.0884. The molecule has 8 heteroatoms. The Morgan fingerprint density at radius 1 is 1.63 bits per heavy atom. The number of carboxylic acids is 1. The Hall–Kier alpha value is -0.990. The van der Waals surface area contributed by atoms with E-state index in [0.29, 0.717) is 18.1 Å². The summed E-state index contributed by atoms with van der Waals surface area (Å²) in [4.78, 5) is 12.8. The van der Waals surface area contributed by atoms with Crippen molar-refractivity contribution in [2.45, 2.75) is 11.9 Å². The maximum absolute atomic E-state index is 11.7. The van der Waals surface area contributed by atoms with E-state index in [-0.39, 0.29) is 12.1 Å². The van der Waals surface area contributed by atoms with Crippen LogP contribution in [-0.4, -0.2) is 54.1 Å². The quantitative estimate of drug-likeness (QED) is 0.884. The third-order valence-corrected chi connectivity index (χ3v) is 5.69. The fourth-order valence-corrected chi connectivity index (χ4v) is 4.97. The van der Waals surface area contributed by atoms with E-state index in [1.165, 1.54) is 18.6 Å². The van der Waals surface area contributed by atoms with E-state index in [0.717, 1.165) is 5.75 Å². The number of carbonyl (C=O) groups is 1. The van der Waals surface area contributed by atoms with Crippen LogP contribution in [0.1, 0.15) is 16.1 Å². The van der Waals surface area contributed by atoms with Crippen molar-refractivity contribution in [2.24, 2.45) is 0 Å². The van der Waals surface area contributed by atoms with Crippen molar-refractivity contribution >= 4 is 27.6 Å². The number of thioether (sulfide) groups is 1. The van der Waals surface area contributed by atoms with E-state index in [2.05, 4.69) is 0 Å². The Balaban J connectivity index is 2.20. The van der Waals surface area contributed by atoms with Gasteiger partial charge in [-0.2, -0.15) is 11.8 Å². The first-order chi connectivity index (χ1) is 8.89. The Morgan fingerprint density at radius 3 is 3.00 bits per heavy atom. The lowest BCUT2D eigenvalue weighted by atomic mass is 10.2. The van der Waals surface area contributed by atoms with Crippen LogP contribution in [0, 0.1) is 0 Å². The molecular weight excluding hydrogens is 290 g/mol. The number of aromatic carboxylic acids is 1. The molecule has 1 atom stereocenters. The minimum absolute atomic E-state index is 0.0884. The standard InChI is InChI=1S/C11H15NO5S2/c1-19(15,16)10-7-18-5-3-12(10)6-9-8(11(13)14)2-4-17-9/h2,4,10H,3,5-7H2,1H3,(H,13,14). The summed E-state index contributed by atoms with van der Waals surface area (Å²) in [5.74, 6) is 0.566. The van der Waals surface area contributed by atoms with Gasteiger partial charge in [0.2, 0.25) is 0 Å². The second-order valence-electron chi connectivity index (χ2n) is 4.39. The fourth-order valence-electron chi connectivity index (χ4n) is 2.03. The maximum atomic E-state index is 11.7. The lowest BCUT2D eigenvalue weighted by Gasteiger charge is -2.33. The summed E-state index contributed by atoms with van der Waals surface area (Å²) in [6.45, 7) is 0.801. The molecule has 0 amide bonds. The van der Waals surface area contributed by atoms with Gasteiger partial charge >= 0.3 is 5.97 Å². The number of carboxylic acid groups (broad SMARTS) is 1. The first kappa shape index (κ1) is 14.4. The lowest BCUT2D eigenvalue weighted by molar-refractivity contribution is 0.0692. The summed E-state index contributed by atoms with van der Waals surface area (Å²) in [7, 11) is -3.20. The molecular formula is C11H15NO5S2. The molecule has 106 valence electrons. The number of hydrogen-bond donors (Lipinski definition) is 1. The summed E-state index contributed by atoms with van der Waals surface area (Å²) in [6, 6.07) is 1.38. The Bertz CT molecular complexity index is 565. The normalized spacial score (nSPS) is 21.4. The largest absolute Gasteiger partial charge is 0.478 e. The molecule has 19 heavy (non-hydrogen) atoms. The van der Waals surface area contributed by atoms with Crippen molar-refractivity contribution in [2.75, 3.05) is 24.3 Å². The van der Waals surface area contributed by atoms with Crippen LogP contribution < -0.4 is 0 Å². The van der Waals surface area contributed by atoms with Crippen LogP contribution >= 0.6 is 11.8 Å². The van der Waals surface area contributed by atoms with Gasteiger partial charge in [-0.1, -0.05) is 0 Å². The first-order valence-corrected chi connectivity index (χ1v) is 8.81. The van der Waals surface area contributed by atoms with Gasteiger partial charge in [-0.25, -0.2) is 13.2 Å². The van der Waals surface area contributed by atoms with Crippen molar-refractivity contribution in [3.63, 3.8) is 0 Å². The first-order valence-electron chi connectivity index (χ1n) is 5.70. The van der Waals surface area contributed by atoms with Gasteiger partial charge in [0.1, 0.15) is 16.7 Å². The van der Waals surface area contributed by atoms with E-state index in [1.54, 1.807) is 16.7 Å². The van der Waals surface area contributed by atoms with Crippen LogP contribution in [0.2, 0.25) is 0 Å². The number of rotatable bonds is 4. The summed E-state index contributed by atoms with van der Waals surface area (Å²) < 4.78 is 28.6. The predicted molar refractivity (Wildman–Crippen MR) is 72.0 cm³/mol. The minimum atomic E-state index is -3.20. The Morgan fingerprint density at radius 2 is 2.37 bits per heavy atom. The third-order valence-electron chi connectivity index (χ3n) is 3.01. The molecule has 0 saturated carbocycles. The van der Waals surface area contributed by atoms with E-state index < -0.39 is 21.2 Å². The van der Waals surface area contributed by atoms with Crippen LogP contribution in [0.25, 0.3) is 0 Å². The summed E-state index contributed by atoms with van der Waals surface area (Å²) in [6.07, 6.45) is 2.52. The molecule has 1 aliphatic heterocycles. The minimum Gasteiger partial charge on any atom is -0.478 e. The number of sulfone groups is 1. The molecule has 0 bridgehead atoms. The van der Waals surface area contributed by atoms with Crippen LogP contribution in [-0.2, 0) is 16.4 Å². The number of hydrogen-bond acceptors (Lipinski definition) is 6. The van der Waals surface area contributed by atoms with E-state index in [1.807, 2.05) is 0 Å². The molecule has 1 N–H and O–H groups in total. The number of furan rings is 1. The average Bonchev–Trinajstić information content (AvgIpc) is 2.76. The molecule has 0 radical (unpaired) electrons. The molecule has 1 fully saturated rings. The second kappa shape index (κ2) is 5.56. The highest BCUT2D eigenvalue weighted by Gasteiger charge is 2.32. The molecule has 1 aliphatic rings. The van der Waals surface area contributed by atoms with Crippen molar-refractivity contribution in [3.8, 4) is 0 Å². The zero-order chi connectivity index (χ0) is 14.0. The SMILES string of the molecule is CS(=O)(=O)C1CSCCN1Cc1occc1C(=O)O. The zero-order valence-electron chi connectivity index (χ0n) is 10.4. The molecule has 1 saturated heterocycles. The van der Waals surface area contributed by atoms with Gasteiger partial charge in [-0.3, -0.25) is 4.90 Å². The van der Waals surface area contributed by atoms with Crippen LogP contribution in [0.5, 0.6) is 0 Å². The van der Waals surface area contributed by atoms with E-state index >= 15 is 0 Å². The molecule has 0 spiro atoms. The highest BCUT2D eigenvalue weighted by atomic mass is 32.2. The predicted octanol–water partition coefficient (Wildman–Crippen LogP) is 0.897. The molecule has 1 unspecified atom stereocenters. The Labute approximate surface area is 115 Å². The van der Waals surface area contributed by atoms with Gasteiger partial charge in [0.05, 0.1) is 12.8 Å². The highest BCUT2D eigenvalue weighted by molar-refractivity contribution is 8.00. The smallest absolute Gasteiger partial charge is 0.339 e. The molecule has 1 aromatic rings. The van der Waals surface area contributed by atoms with Crippen LogP contribution in [0.4, 0.5) is 0 Å². The van der Waals surface area contributed by atoms with Crippen molar-refractivity contribution in [1.82, 2.24) is 4.90 Å². The highest BCUT2D eigenvalue weighted by Crippen LogP contribution is 2.23. The lowest BCUT2D eigenvalue weighted by Crippen LogP contribution is -2.46. The van der Waals surface area contributed by atoms with E-state index in [4.69, 9.17) is 9.52 Å². The van der Waals surface area contributed by atoms with Gasteiger partial charge in [-0.15, -0.1) is 0 Å². The van der Waals surface area contributed by atoms with Crippen LogP contribution in [0.15, 0.2) is 16.7 Å². The fraction of sp³-hybridized carbons (Fsp3) is 0.545. The zero-order valence-corrected chi connectivity index (χ0v) is 12.0. The van der Waals surface area contributed by atoms with Gasteiger partial charge < -0.3 is 9.52 Å². The average molecular weight is 305 g/mol. The van der Waals surface area contributed by atoms with E-state index in [9.17, 15) is 13.2 Å². The topological polar surface area (TPSA) is 87.8 Å². The second-order valence-corrected chi connectivity index (χ2v) is 7.75. The van der Waals surface area contributed by atoms with Crippen molar-refractivity contribution < 1.29 is 22.7 Å². The summed E-state index contributed by atoms with van der Waals surface area (Å²) in [5, 5.41) is 8.42. The molecule has 1 aromatic heterocycles. The summed E-state index contributed by atoms with van der Waals surface area (Å²) >= 11 is 1.59. The maximum Gasteiger partial charge on any atom is 0.339 e. The van der Waals surface area contributed by atoms with Gasteiger partial charge in [0.15, 0.2) is 9.84 Å². The van der Waals surface area contributed by atoms with Crippen molar-refractivity contribution in [3.05, 3.63) is 23.7 Å². The molecule has 2 rings (SSSR count). The number of nitrogens with zero attached hydrogens (tertiary/aromatic N) is 1. The van der Waals surface area contributed by atoms with Crippen molar-refractivity contribution in [1.29, 1.82) is 0 Å². The monoisotopic (exact) mass is 305 g/mol. The molecule has 0 aromatic carbocycles.